The Morgan fingerprint density at radius 2 is 1.83 bits per heavy atom. The highest BCUT2D eigenvalue weighted by Crippen LogP contribution is 2.35. The van der Waals surface area contributed by atoms with Crippen molar-refractivity contribution in [3.8, 4) is 0 Å². The summed E-state index contributed by atoms with van der Waals surface area (Å²) in [6, 6.07) is 7.44. The van der Waals surface area contributed by atoms with Gasteiger partial charge in [0.15, 0.2) is 0 Å². The van der Waals surface area contributed by atoms with Gasteiger partial charge < -0.3 is 10.2 Å². The van der Waals surface area contributed by atoms with Crippen molar-refractivity contribution in [2.75, 3.05) is 23.3 Å². The topological polar surface area (TPSA) is 84.2 Å². The second-order valence-electron chi connectivity index (χ2n) is 5.66. The summed E-state index contributed by atoms with van der Waals surface area (Å²) in [7, 11) is 0. The molecule has 0 aliphatic carbocycles. The molecule has 0 atom stereocenters. The van der Waals surface area contributed by atoms with Crippen LogP contribution in [0.2, 0.25) is 0 Å². The predicted molar refractivity (Wildman–Crippen MR) is 96.8 cm³/mol. The smallest absolute Gasteiger partial charge is 0.351 e. The van der Waals surface area contributed by atoms with Crippen LogP contribution in [-0.4, -0.2) is 28.0 Å². The molecule has 7 nitrogen and oxygen atoms in total. The van der Waals surface area contributed by atoms with Crippen molar-refractivity contribution < 1.29 is 4.92 Å². The zero-order valence-electron chi connectivity index (χ0n) is 13.1. The summed E-state index contributed by atoms with van der Waals surface area (Å²) in [6.45, 7) is 1.57. The molecule has 1 aliphatic heterocycles. The SMILES string of the molecule is O=[N+]([O-])c1c(Nc2ccccc2Br)ncnc1N1CCCCCC1. The molecule has 126 valence electrons. The number of benzene rings is 1. The molecule has 2 heterocycles. The molecule has 0 amide bonds. The third-order valence-electron chi connectivity index (χ3n) is 4.02. The monoisotopic (exact) mass is 391 g/mol. The molecule has 1 fully saturated rings. The number of hydrogen-bond donors (Lipinski definition) is 1. The largest absolute Gasteiger partial charge is 0.353 e. The highest BCUT2D eigenvalue weighted by atomic mass is 79.9. The molecule has 0 spiro atoms. The van der Waals surface area contributed by atoms with Gasteiger partial charge in [0.25, 0.3) is 0 Å². The van der Waals surface area contributed by atoms with Gasteiger partial charge in [0.05, 0.1) is 10.6 Å². The Labute approximate surface area is 148 Å². The van der Waals surface area contributed by atoms with Crippen LogP contribution in [-0.2, 0) is 0 Å². The van der Waals surface area contributed by atoms with Gasteiger partial charge in [-0.2, -0.15) is 0 Å². The number of anilines is 3. The van der Waals surface area contributed by atoms with E-state index in [-0.39, 0.29) is 11.5 Å². The number of nitro groups is 1. The summed E-state index contributed by atoms with van der Waals surface area (Å²) >= 11 is 3.43. The van der Waals surface area contributed by atoms with E-state index in [1.54, 1.807) is 0 Å². The zero-order valence-corrected chi connectivity index (χ0v) is 14.7. The third kappa shape index (κ3) is 3.64. The molecule has 1 saturated heterocycles. The van der Waals surface area contributed by atoms with E-state index in [4.69, 9.17) is 0 Å². The van der Waals surface area contributed by atoms with Crippen molar-refractivity contribution in [2.24, 2.45) is 0 Å². The maximum atomic E-state index is 11.7. The molecular weight excluding hydrogens is 374 g/mol. The normalized spacial score (nSPS) is 15.0. The van der Waals surface area contributed by atoms with Crippen LogP contribution in [0.3, 0.4) is 0 Å². The number of aromatic nitrogens is 2. The first kappa shape index (κ1) is 16.6. The van der Waals surface area contributed by atoms with Gasteiger partial charge in [-0.1, -0.05) is 25.0 Å². The van der Waals surface area contributed by atoms with Crippen LogP contribution in [0.5, 0.6) is 0 Å². The third-order valence-corrected chi connectivity index (χ3v) is 4.71. The van der Waals surface area contributed by atoms with Crippen molar-refractivity contribution in [2.45, 2.75) is 25.7 Å². The van der Waals surface area contributed by atoms with Gasteiger partial charge in [-0.15, -0.1) is 0 Å². The predicted octanol–water partition coefficient (Wildman–Crippen LogP) is 4.27. The minimum absolute atomic E-state index is 0.0739. The van der Waals surface area contributed by atoms with E-state index in [0.717, 1.165) is 48.9 Å². The van der Waals surface area contributed by atoms with Gasteiger partial charge in [-0.25, -0.2) is 9.97 Å². The van der Waals surface area contributed by atoms with Crippen molar-refractivity contribution in [3.05, 3.63) is 45.2 Å². The molecule has 1 aromatic heterocycles. The first-order chi connectivity index (χ1) is 11.7. The second kappa shape index (κ2) is 7.57. The number of nitrogens with one attached hydrogen (secondary N) is 1. The van der Waals surface area contributed by atoms with E-state index >= 15 is 0 Å². The Bertz CT molecular complexity index is 732. The van der Waals surface area contributed by atoms with Crippen molar-refractivity contribution in [1.29, 1.82) is 0 Å². The van der Waals surface area contributed by atoms with Crippen molar-refractivity contribution in [1.82, 2.24) is 9.97 Å². The summed E-state index contributed by atoms with van der Waals surface area (Å²) in [5, 5.41) is 14.7. The van der Waals surface area contributed by atoms with Gasteiger partial charge in [0, 0.05) is 17.6 Å². The molecule has 0 radical (unpaired) electrons. The molecule has 24 heavy (non-hydrogen) atoms. The molecule has 0 saturated carbocycles. The van der Waals surface area contributed by atoms with Crippen LogP contribution < -0.4 is 10.2 Å². The average molecular weight is 392 g/mol. The van der Waals surface area contributed by atoms with Gasteiger partial charge >= 0.3 is 5.69 Å². The first-order valence-corrected chi connectivity index (χ1v) is 8.72. The zero-order chi connectivity index (χ0) is 16.9. The van der Waals surface area contributed by atoms with Gasteiger partial charge in [0.2, 0.25) is 11.6 Å². The first-order valence-electron chi connectivity index (χ1n) is 7.92. The maximum absolute atomic E-state index is 11.7. The molecule has 1 aliphatic rings. The van der Waals surface area contributed by atoms with E-state index in [2.05, 4.69) is 31.2 Å². The number of halogens is 1. The molecule has 0 bridgehead atoms. The summed E-state index contributed by atoms with van der Waals surface area (Å²) < 4.78 is 0.814. The highest BCUT2D eigenvalue weighted by Gasteiger charge is 2.27. The second-order valence-corrected chi connectivity index (χ2v) is 6.51. The standard InChI is InChI=1S/C16H18BrN5O2/c17-12-7-3-4-8-13(12)20-15-14(22(23)24)16(19-11-18-15)21-9-5-1-2-6-10-21/h3-4,7-8,11H,1-2,5-6,9-10H2,(H,18,19,20). The van der Waals surface area contributed by atoms with Crippen molar-refractivity contribution in [3.63, 3.8) is 0 Å². The lowest BCUT2D eigenvalue weighted by atomic mass is 10.2. The molecule has 2 aromatic rings. The van der Waals surface area contributed by atoms with Gasteiger partial charge in [-0.3, -0.25) is 10.1 Å². The van der Waals surface area contributed by atoms with Crippen LogP contribution in [0.25, 0.3) is 0 Å². The van der Waals surface area contributed by atoms with E-state index < -0.39 is 4.92 Å². The average Bonchev–Trinajstić information content (AvgIpc) is 2.86. The Morgan fingerprint density at radius 3 is 2.50 bits per heavy atom. The molecule has 1 aromatic carbocycles. The van der Waals surface area contributed by atoms with E-state index in [9.17, 15) is 10.1 Å². The van der Waals surface area contributed by atoms with Gasteiger partial charge in [-0.05, 0) is 40.9 Å². The number of rotatable bonds is 4. The fraction of sp³-hybridized carbons (Fsp3) is 0.375. The number of hydrogen-bond acceptors (Lipinski definition) is 6. The van der Waals surface area contributed by atoms with Crippen LogP contribution in [0.4, 0.5) is 23.0 Å². The lowest BCUT2D eigenvalue weighted by Gasteiger charge is -2.21. The summed E-state index contributed by atoms with van der Waals surface area (Å²) in [6.07, 6.45) is 5.73. The highest BCUT2D eigenvalue weighted by molar-refractivity contribution is 9.10. The van der Waals surface area contributed by atoms with Gasteiger partial charge in [0.1, 0.15) is 6.33 Å². The molecule has 3 rings (SSSR count). The lowest BCUT2D eigenvalue weighted by molar-refractivity contribution is -0.383. The quantitative estimate of drug-likeness (QED) is 0.618. The summed E-state index contributed by atoms with van der Waals surface area (Å²) in [5.74, 6) is 0.604. The van der Waals surface area contributed by atoms with E-state index in [1.807, 2.05) is 29.2 Å². The molecular formula is C16H18BrN5O2. The number of nitrogens with zero attached hydrogens (tertiary/aromatic N) is 4. The molecule has 1 N–H and O–H groups in total. The van der Waals surface area contributed by atoms with Crippen LogP contribution in [0.1, 0.15) is 25.7 Å². The Balaban J connectivity index is 1.99. The van der Waals surface area contributed by atoms with Crippen LogP contribution >= 0.6 is 15.9 Å². The molecule has 8 heteroatoms. The summed E-state index contributed by atoms with van der Waals surface area (Å²) in [5.41, 5.74) is 0.649. The fourth-order valence-electron chi connectivity index (χ4n) is 2.83. The Hall–Kier alpha value is -2.22. The molecule has 0 unspecified atom stereocenters. The van der Waals surface area contributed by atoms with Crippen molar-refractivity contribution >= 4 is 38.9 Å². The fourth-order valence-corrected chi connectivity index (χ4v) is 3.22. The van der Waals surface area contributed by atoms with E-state index in [0.29, 0.717) is 5.82 Å². The minimum Gasteiger partial charge on any atom is -0.351 e. The Kier molecular flexibility index (Phi) is 5.24. The lowest BCUT2D eigenvalue weighted by Crippen LogP contribution is -2.26. The minimum atomic E-state index is -0.403. The number of para-hydroxylation sites is 1. The Morgan fingerprint density at radius 1 is 1.12 bits per heavy atom. The van der Waals surface area contributed by atoms with E-state index in [1.165, 1.54) is 6.33 Å². The summed E-state index contributed by atoms with van der Waals surface area (Å²) in [4.78, 5) is 21.6. The van der Waals surface area contributed by atoms with Crippen LogP contribution in [0.15, 0.2) is 35.1 Å². The van der Waals surface area contributed by atoms with Crippen LogP contribution in [0, 0.1) is 10.1 Å². The maximum Gasteiger partial charge on any atom is 0.353 e.